The van der Waals surface area contributed by atoms with Crippen molar-refractivity contribution in [1.29, 1.82) is 0 Å². The third-order valence-electron chi connectivity index (χ3n) is 8.12. The van der Waals surface area contributed by atoms with E-state index < -0.39 is 0 Å². The first-order valence-electron chi connectivity index (χ1n) is 12.8. The number of nitrogens with zero attached hydrogens (tertiary/aromatic N) is 3. The summed E-state index contributed by atoms with van der Waals surface area (Å²) in [6.07, 6.45) is 11.3. The predicted octanol–water partition coefficient (Wildman–Crippen LogP) is 5.17. The van der Waals surface area contributed by atoms with Crippen LogP contribution in [0.15, 0.2) is 48.7 Å². The zero-order valence-electron chi connectivity index (χ0n) is 19.4. The largest absolute Gasteiger partial charge is 0.346 e. The van der Waals surface area contributed by atoms with Crippen molar-refractivity contribution < 1.29 is 4.79 Å². The monoisotopic (exact) mass is 442 g/mol. The Bertz CT molecular complexity index is 1120. The number of carbonyl (C=O) groups is 1. The summed E-state index contributed by atoms with van der Waals surface area (Å²) < 4.78 is 0. The molecule has 3 aliphatic heterocycles. The molecular formula is C28H34N4O. The van der Waals surface area contributed by atoms with Crippen LogP contribution in [-0.2, 0) is 13.0 Å². The van der Waals surface area contributed by atoms with Crippen molar-refractivity contribution in [2.45, 2.75) is 70.0 Å². The first kappa shape index (κ1) is 20.9. The van der Waals surface area contributed by atoms with Crippen molar-refractivity contribution in [2.75, 3.05) is 13.1 Å². The summed E-state index contributed by atoms with van der Waals surface area (Å²) in [5.41, 5.74) is 4.28. The maximum Gasteiger partial charge on any atom is 0.254 e. The minimum Gasteiger partial charge on any atom is -0.346 e. The van der Waals surface area contributed by atoms with Gasteiger partial charge in [-0.1, -0.05) is 24.6 Å². The number of piperidine rings is 2. The summed E-state index contributed by atoms with van der Waals surface area (Å²) in [6, 6.07) is 15.5. The second kappa shape index (κ2) is 8.94. The van der Waals surface area contributed by atoms with E-state index in [4.69, 9.17) is 4.98 Å². The summed E-state index contributed by atoms with van der Waals surface area (Å²) in [7, 11) is 0. The molecule has 172 valence electrons. The lowest BCUT2D eigenvalue weighted by molar-refractivity contribution is 0.0521. The van der Waals surface area contributed by atoms with Gasteiger partial charge in [0, 0.05) is 41.5 Å². The number of fused-ring (bicyclic) bond motifs is 3. The number of pyridine rings is 1. The standard InChI is InChI=1S/C28H34N4O/c33-28(26-7-3-2-6-22(26)19-31-14-4-1-5-15-31)32-24-10-11-25(32)18-20(17-24)16-23-9-8-21-12-13-29-27(21)30-23/h2-3,6-9,12-13,20,24-25H,1,4-5,10-11,14-19H2,(H,29,30)/t24-,25-/m0/s1. The summed E-state index contributed by atoms with van der Waals surface area (Å²) >= 11 is 0. The second-order valence-corrected chi connectivity index (χ2v) is 10.4. The molecule has 6 rings (SSSR count). The van der Waals surface area contributed by atoms with Gasteiger partial charge in [0.15, 0.2) is 0 Å². The molecule has 5 nitrogen and oxygen atoms in total. The number of carbonyl (C=O) groups excluding carboxylic acids is 1. The SMILES string of the molecule is O=C(c1ccccc1CN1CCCCC1)N1[C@H]2CC[C@H]1CC(Cc1ccc3cc[nH]c3n1)C2. The van der Waals surface area contributed by atoms with E-state index in [1.54, 1.807) is 0 Å². The van der Waals surface area contributed by atoms with Gasteiger partial charge < -0.3 is 9.88 Å². The van der Waals surface area contributed by atoms with E-state index in [1.807, 2.05) is 12.3 Å². The van der Waals surface area contributed by atoms with E-state index in [0.717, 1.165) is 62.9 Å². The molecule has 1 aromatic carbocycles. The Kier molecular flexibility index (Phi) is 5.67. The number of aromatic nitrogens is 2. The highest BCUT2D eigenvalue weighted by Gasteiger charge is 2.43. The fourth-order valence-electron chi connectivity index (χ4n) is 6.53. The molecule has 5 heterocycles. The van der Waals surface area contributed by atoms with Gasteiger partial charge in [-0.2, -0.15) is 0 Å². The number of H-pyrrole nitrogens is 1. The number of hydrogen-bond acceptors (Lipinski definition) is 3. The summed E-state index contributed by atoms with van der Waals surface area (Å²) in [6.45, 7) is 3.21. The van der Waals surface area contributed by atoms with E-state index in [9.17, 15) is 4.79 Å². The lowest BCUT2D eigenvalue weighted by Gasteiger charge is -2.39. The third kappa shape index (κ3) is 4.19. The zero-order valence-corrected chi connectivity index (χ0v) is 19.4. The van der Waals surface area contributed by atoms with Gasteiger partial charge in [0.2, 0.25) is 0 Å². The summed E-state index contributed by atoms with van der Waals surface area (Å²) in [5.74, 6) is 0.870. The van der Waals surface area contributed by atoms with Crippen LogP contribution >= 0.6 is 0 Å². The van der Waals surface area contributed by atoms with Crippen LogP contribution in [0.4, 0.5) is 0 Å². The quantitative estimate of drug-likeness (QED) is 0.593. The molecule has 2 atom stereocenters. The molecule has 5 heteroatoms. The molecule has 33 heavy (non-hydrogen) atoms. The first-order valence-corrected chi connectivity index (χ1v) is 12.8. The predicted molar refractivity (Wildman–Crippen MR) is 131 cm³/mol. The molecule has 1 N–H and O–H groups in total. The highest BCUT2D eigenvalue weighted by molar-refractivity contribution is 5.96. The van der Waals surface area contributed by atoms with Crippen LogP contribution in [0, 0.1) is 5.92 Å². The van der Waals surface area contributed by atoms with Crippen LogP contribution in [0.5, 0.6) is 0 Å². The minimum atomic E-state index is 0.263. The second-order valence-electron chi connectivity index (χ2n) is 10.4. The zero-order chi connectivity index (χ0) is 22.2. The maximum absolute atomic E-state index is 13.8. The Hall–Kier alpha value is -2.66. The molecule has 0 unspecified atom stereocenters. The molecule has 3 aromatic rings. The van der Waals surface area contributed by atoms with E-state index in [1.165, 1.54) is 35.9 Å². The maximum atomic E-state index is 13.8. The number of aromatic amines is 1. The van der Waals surface area contributed by atoms with Crippen molar-refractivity contribution in [2.24, 2.45) is 5.92 Å². The Morgan fingerprint density at radius 2 is 1.76 bits per heavy atom. The summed E-state index contributed by atoms with van der Waals surface area (Å²) in [4.78, 5) is 26.6. The molecule has 3 aliphatic rings. The molecule has 1 amide bonds. The average molecular weight is 443 g/mol. The minimum absolute atomic E-state index is 0.263. The van der Waals surface area contributed by atoms with Crippen LogP contribution < -0.4 is 0 Å². The van der Waals surface area contributed by atoms with Crippen molar-refractivity contribution in [1.82, 2.24) is 19.8 Å². The van der Waals surface area contributed by atoms with Crippen LogP contribution in [0.1, 0.15) is 66.6 Å². The lowest BCUT2D eigenvalue weighted by atomic mass is 9.86. The van der Waals surface area contributed by atoms with E-state index in [-0.39, 0.29) is 5.91 Å². The Morgan fingerprint density at radius 1 is 0.970 bits per heavy atom. The normalized spacial score (nSPS) is 25.6. The number of nitrogens with one attached hydrogen (secondary N) is 1. The lowest BCUT2D eigenvalue weighted by Crippen LogP contribution is -2.47. The van der Waals surface area contributed by atoms with Crippen molar-refractivity contribution >= 4 is 16.9 Å². The molecule has 3 saturated heterocycles. The fourth-order valence-corrected chi connectivity index (χ4v) is 6.53. The molecule has 0 radical (unpaired) electrons. The Balaban J connectivity index is 1.16. The smallest absolute Gasteiger partial charge is 0.254 e. The highest BCUT2D eigenvalue weighted by Crippen LogP contribution is 2.41. The van der Waals surface area contributed by atoms with Crippen molar-refractivity contribution in [3.8, 4) is 0 Å². The van der Waals surface area contributed by atoms with Gasteiger partial charge in [-0.3, -0.25) is 9.69 Å². The molecule has 0 saturated carbocycles. The van der Waals surface area contributed by atoms with Gasteiger partial charge in [-0.15, -0.1) is 0 Å². The number of amides is 1. The number of likely N-dealkylation sites (tertiary alicyclic amines) is 1. The van der Waals surface area contributed by atoms with E-state index in [2.05, 4.69) is 51.2 Å². The number of rotatable bonds is 5. The van der Waals surface area contributed by atoms with E-state index in [0.29, 0.717) is 18.0 Å². The number of benzene rings is 1. The van der Waals surface area contributed by atoms with Gasteiger partial charge in [-0.25, -0.2) is 4.98 Å². The Labute approximate surface area is 196 Å². The van der Waals surface area contributed by atoms with Crippen LogP contribution in [-0.4, -0.2) is 50.8 Å². The molecule has 2 aromatic heterocycles. The third-order valence-corrected chi connectivity index (χ3v) is 8.12. The topological polar surface area (TPSA) is 52.2 Å². The summed E-state index contributed by atoms with van der Waals surface area (Å²) in [5, 5.41) is 1.17. The van der Waals surface area contributed by atoms with Gasteiger partial charge in [0.25, 0.3) is 5.91 Å². The van der Waals surface area contributed by atoms with Crippen LogP contribution in [0.3, 0.4) is 0 Å². The molecule has 2 bridgehead atoms. The van der Waals surface area contributed by atoms with Crippen LogP contribution in [0.25, 0.3) is 11.0 Å². The molecule has 3 fully saturated rings. The fraction of sp³-hybridized carbons (Fsp3) is 0.500. The highest BCUT2D eigenvalue weighted by atomic mass is 16.2. The van der Waals surface area contributed by atoms with Gasteiger partial charge >= 0.3 is 0 Å². The van der Waals surface area contributed by atoms with Crippen molar-refractivity contribution in [3.05, 3.63) is 65.5 Å². The van der Waals surface area contributed by atoms with Crippen molar-refractivity contribution in [3.63, 3.8) is 0 Å². The molecular weight excluding hydrogens is 408 g/mol. The molecule has 0 aliphatic carbocycles. The van der Waals surface area contributed by atoms with E-state index >= 15 is 0 Å². The molecule has 0 spiro atoms. The van der Waals surface area contributed by atoms with Crippen LogP contribution in [0.2, 0.25) is 0 Å². The Morgan fingerprint density at radius 3 is 2.58 bits per heavy atom. The van der Waals surface area contributed by atoms with Gasteiger partial charge in [0.1, 0.15) is 5.65 Å². The first-order chi connectivity index (χ1) is 16.2. The van der Waals surface area contributed by atoms with Gasteiger partial charge in [0.05, 0.1) is 0 Å². The number of hydrogen-bond donors (Lipinski definition) is 1. The van der Waals surface area contributed by atoms with Gasteiger partial charge in [-0.05, 0) is 93.8 Å². The average Bonchev–Trinajstić information content (AvgIpc) is 3.41.